The molecule has 0 bridgehead atoms. The highest BCUT2D eigenvalue weighted by atomic mass is 28.5. The molecule has 0 aromatic heterocycles. The van der Waals surface area contributed by atoms with Crippen molar-refractivity contribution in [2.75, 3.05) is 0 Å². The van der Waals surface area contributed by atoms with E-state index in [1.807, 2.05) is 52.0 Å². The first-order valence-electron chi connectivity index (χ1n) is 8.43. The molecular formula is C16H32O4Si4. The first-order valence-corrected chi connectivity index (χ1v) is 18.0. The van der Waals surface area contributed by atoms with Gasteiger partial charge in [-0.2, -0.15) is 0 Å². The molecule has 4 atom stereocenters. The summed E-state index contributed by atoms with van der Waals surface area (Å²) in [6, 6.07) is 0. The lowest BCUT2D eigenvalue weighted by molar-refractivity contribution is 0.250. The van der Waals surface area contributed by atoms with E-state index in [1.165, 1.54) is 0 Å². The van der Waals surface area contributed by atoms with Gasteiger partial charge in [0.25, 0.3) is 0 Å². The van der Waals surface area contributed by atoms with E-state index in [1.54, 1.807) is 0 Å². The summed E-state index contributed by atoms with van der Waals surface area (Å²) in [6.07, 6.45) is 8.02. The van der Waals surface area contributed by atoms with Gasteiger partial charge in [0, 0.05) is 0 Å². The summed E-state index contributed by atoms with van der Waals surface area (Å²) in [6.45, 7) is 16.3. The highest BCUT2D eigenvalue weighted by molar-refractivity contribution is 6.98. The summed E-state index contributed by atoms with van der Waals surface area (Å²) in [5.41, 5.74) is 8.29. The van der Waals surface area contributed by atoms with Crippen LogP contribution in [0.15, 0.2) is 47.1 Å². The lowest BCUT2D eigenvalue weighted by Gasteiger charge is -2.47. The Hall–Kier alpha value is -0.332. The Morgan fingerprint density at radius 1 is 0.417 bits per heavy atom. The third-order valence-corrected chi connectivity index (χ3v) is 20.2. The molecule has 0 amide bonds. The van der Waals surface area contributed by atoms with Gasteiger partial charge < -0.3 is 16.5 Å². The fraction of sp³-hybridized carbons (Fsp3) is 0.500. The average Bonchev–Trinajstić information content (AvgIpc) is 2.35. The standard InChI is InChI=1S/C16H32O4Si4/c1-9-13-21(5)17-22(6,14-10-2)19-24(8,16-12-4)20-23(7,18-21)15-11-3/h9-16H,1-8H3/b13-9-,14-10-,15-11+,16-12+. The molecule has 0 aromatic carbocycles. The lowest BCUT2D eigenvalue weighted by Crippen LogP contribution is -2.66. The van der Waals surface area contributed by atoms with Crippen LogP contribution in [0, 0.1) is 0 Å². The van der Waals surface area contributed by atoms with E-state index in [9.17, 15) is 0 Å². The maximum Gasteiger partial charge on any atom is 0.344 e. The second kappa shape index (κ2) is 8.37. The van der Waals surface area contributed by atoms with E-state index in [-0.39, 0.29) is 0 Å². The third-order valence-electron chi connectivity index (χ3n) is 3.50. The molecule has 0 N–H and O–H groups in total. The van der Waals surface area contributed by atoms with Crippen LogP contribution >= 0.6 is 0 Å². The van der Waals surface area contributed by atoms with Crippen LogP contribution in [0.25, 0.3) is 0 Å². The summed E-state index contributed by atoms with van der Waals surface area (Å²) < 4.78 is 26.4. The molecule has 0 spiro atoms. The molecule has 1 rings (SSSR count). The molecular weight excluding hydrogens is 369 g/mol. The highest BCUT2D eigenvalue weighted by Crippen LogP contribution is 2.33. The molecule has 136 valence electrons. The molecule has 1 aliphatic rings. The maximum absolute atomic E-state index is 6.61. The van der Waals surface area contributed by atoms with Crippen LogP contribution in [0.4, 0.5) is 0 Å². The van der Waals surface area contributed by atoms with Crippen molar-refractivity contribution in [1.82, 2.24) is 0 Å². The van der Waals surface area contributed by atoms with E-state index < -0.39 is 34.2 Å². The van der Waals surface area contributed by atoms with Gasteiger partial charge in [0.2, 0.25) is 0 Å². The summed E-state index contributed by atoms with van der Waals surface area (Å²) in [7, 11) is -10.2. The number of rotatable bonds is 4. The molecule has 4 unspecified atom stereocenters. The lowest BCUT2D eigenvalue weighted by atomic mass is 10.8. The molecule has 1 fully saturated rings. The fourth-order valence-electron chi connectivity index (χ4n) is 3.18. The Bertz CT molecular complexity index is 438. The second-order valence-electron chi connectivity index (χ2n) is 6.47. The van der Waals surface area contributed by atoms with Crippen LogP contribution in [0.5, 0.6) is 0 Å². The maximum atomic E-state index is 6.61. The second-order valence-corrected chi connectivity index (χ2v) is 19.2. The molecule has 1 heterocycles. The number of allylic oxidation sites excluding steroid dienone is 4. The molecule has 24 heavy (non-hydrogen) atoms. The first-order chi connectivity index (χ1) is 11.1. The quantitative estimate of drug-likeness (QED) is 0.634. The summed E-state index contributed by atoms with van der Waals surface area (Å²) >= 11 is 0. The Morgan fingerprint density at radius 2 is 0.583 bits per heavy atom. The van der Waals surface area contributed by atoms with Crippen LogP contribution in [0.1, 0.15) is 27.7 Å². The van der Waals surface area contributed by atoms with Crippen molar-refractivity contribution < 1.29 is 16.5 Å². The molecule has 0 aliphatic carbocycles. The van der Waals surface area contributed by atoms with Crippen molar-refractivity contribution >= 4 is 34.2 Å². The minimum atomic E-state index is -2.56. The van der Waals surface area contributed by atoms with Gasteiger partial charge in [0.1, 0.15) is 0 Å². The van der Waals surface area contributed by atoms with Crippen LogP contribution in [0.2, 0.25) is 26.2 Å². The molecule has 1 saturated heterocycles. The largest absolute Gasteiger partial charge is 0.410 e. The zero-order chi connectivity index (χ0) is 18.5. The van der Waals surface area contributed by atoms with Crippen molar-refractivity contribution in [2.45, 2.75) is 53.9 Å². The SMILES string of the molecule is C/C=C\[Si]1(C)O[Si](C)(/C=C\C)O[Si](C)(/C=C/C)O[Si](C)(/C=C/C)O1. The summed E-state index contributed by atoms with van der Waals surface area (Å²) in [5.74, 6) is 0. The van der Waals surface area contributed by atoms with E-state index >= 15 is 0 Å². The predicted molar refractivity (Wildman–Crippen MR) is 110 cm³/mol. The minimum Gasteiger partial charge on any atom is -0.410 e. The predicted octanol–water partition coefficient (Wildman–Crippen LogP) is 4.82. The monoisotopic (exact) mass is 400 g/mol. The topological polar surface area (TPSA) is 36.9 Å². The number of hydrogen-bond donors (Lipinski definition) is 0. The zero-order valence-corrected chi connectivity index (χ0v) is 20.3. The van der Waals surface area contributed by atoms with Gasteiger partial charge >= 0.3 is 34.2 Å². The van der Waals surface area contributed by atoms with Crippen LogP contribution < -0.4 is 0 Å². The van der Waals surface area contributed by atoms with E-state index in [0.29, 0.717) is 0 Å². The van der Waals surface area contributed by atoms with Gasteiger partial charge in [-0.3, -0.25) is 0 Å². The van der Waals surface area contributed by atoms with Crippen LogP contribution in [0.3, 0.4) is 0 Å². The zero-order valence-electron chi connectivity index (χ0n) is 16.3. The molecule has 1 aliphatic heterocycles. The Morgan fingerprint density at radius 3 is 0.708 bits per heavy atom. The van der Waals surface area contributed by atoms with Gasteiger partial charge in [-0.1, -0.05) is 24.3 Å². The molecule has 4 nitrogen and oxygen atoms in total. The van der Waals surface area contributed by atoms with Gasteiger partial charge in [-0.25, -0.2) is 0 Å². The molecule has 0 radical (unpaired) electrons. The van der Waals surface area contributed by atoms with Crippen molar-refractivity contribution in [1.29, 1.82) is 0 Å². The molecule has 0 saturated carbocycles. The fourth-order valence-corrected chi connectivity index (χ4v) is 22.8. The number of hydrogen-bond acceptors (Lipinski definition) is 4. The normalized spacial score (nSPS) is 42.3. The first kappa shape index (κ1) is 21.7. The Labute approximate surface area is 151 Å². The van der Waals surface area contributed by atoms with Crippen molar-refractivity contribution in [2.24, 2.45) is 0 Å². The van der Waals surface area contributed by atoms with Crippen LogP contribution in [-0.4, -0.2) is 34.2 Å². The molecule has 0 aromatic rings. The van der Waals surface area contributed by atoms with Crippen molar-refractivity contribution in [3.63, 3.8) is 0 Å². The van der Waals surface area contributed by atoms with E-state index in [2.05, 4.69) is 49.0 Å². The minimum absolute atomic E-state index is 1.99. The third kappa shape index (κ3) is 5.88. The summed E-state index contributed by atoms with van der Waals surface area (Å²) in [4.78, 5) is 0. The van der Waals surface area contributed by atoms with Crippen LogP contribution in [-0.2, 0) is 16.5 Å². The van der Waals surface area contributed by atoms with Gasteiger partial charge in [0.15, 0.2) is 0 Å². The smallest absolute Gasteiger partial charge is 0.344 e. The summed E-state index contributed by atoms with van der Waals surface area (Å²) in [5, 5.41) is 0. The van der Waals surface area contributed by atoms with E-state index in [4.69, 9.17) is 16.5 Å². The average molecular weight is 401 g/mol. The van der Waals surface area contributed by atoms with Gasteiger partial charge in [-0.05, 0) is 76.7 Å². The Kier molecular flexibility index (Phi) is 7.57. The highest BCUT2D eigenvalue weighted by Gasteiger charge is 2.54. The molecule has 8 heteroatoms. The van der Waals surface area contributed by atoms with Gasteiger partial charge in [0.05, 0.1) is 0 Å². The van der Waals surface area contributed by atoms with Gasteiger partial charge in [-0.15, -0.1) is 0 Å². The van der Waals surface area contributed by atoms with Crippen molar-refractivity contribution in [3.8, 4) is 0 Å². The van der Waals surface area contributed by atoms with Crippen molar-refractivity contribution in [3.05, 3.63) is 47.1 Å². The van der Waals surface area contributed by atoms with E-state index in [0.717, 1.165) is 0 Å². The Balaban J connectivity index is 3.45.